The molecule has 5 nitrogen and oxygen atoms in total. The summed E-state index contributed by atoms with van der Waals surface area (Å²) in [6.45, 7) is 0.955. The van der Waals surface area contributed by atoms with Crippen molar-refractivity contribution in [3.8, 4) is 0 Å². The van der Waals surface area contributed by atoms with Gasteiger partial charge in [-0.15, -0.1) is 0 Å². The number of benzene rings is 1. The van der Waals surface area contributed by atoms with Crippen molar-refractivity contribution in [2.45, 2.75) is 25.4 Å². The Balaban J connectivity index is 1.78. The highest BCUT2D eigenvalue weighted by Gasteiger charge is 2.23. The average Bonchev–Trinajstić information content (AvgIpc) is 2.56. The van der Waals surface area contributed by atoms with Gasteiger partial charge in [0.1, 0.15) is 12.0 Å². The van der Waals surface area contributed by atoms with Gasteiger partial charge >= 0.3 is 5.97 Å². The van der Waals surface area contributed by atoms with Crippen LogP contribution in [0.1, 0.15) is 29.6 Å². The molecule has 2 aromatic rings. The molecule has 0 aliphatic carbocycles. The first kappa shape index (κ1) is 14.4. The molecule has 0 bridgehead atoms. The number of hydrogen-bond acceptors (Lipinski definition) is 4. The molecule has 1 unspecified atom stereocenters. The predicted molar refractivity (Wildman–Crippen MR) is 86.2 cm³/mol. The number of piperidine rings is 1. The maximum Gasteiger partial charge on any atom is 0.335 e. The first-order chi connectivity index (χ1) is 10.7. The standard InChI is InChI=1S/C17H19N3O2/c21-17(22)13-7-9-14(10-8-13)20-12-4-2-6-16(20)19-15-5-1-3-11-18-15/h1,3,5,7-11,16H,2,4,6,12H2,(H,18,19)(H,21,22). The van der Waals surface area contributed by atoms with Crippen molar-refractivity contribution in [3.63, 3.8) is 0 Å². The van der Waals surface area contributed by atoms with Gasteiger partial charge in [0.25, 0.3) is 0 Å². The number of aromatic carboxylic acids is 1. The normalized spacial score (nSPS) is 18.0. The summed E-state index contributed by atoms with van der Waals surface area (Å²) in [4.78, 5) is 17.6. The second kappa shape index (κ2) is 6.47. The zero-order valence-corrected chi connectivity index (χ0v) is 12.3. The van der Waals surface area contributed by atoms with Gasteiger partial charge < -0.3 is 15.3 Å². The number of carboxylic acids is 1. The average molecular weight is 297 g/mol. The van der Waals surface area contributed by atoms with Crippen LogP contribution in [0.3, 0.4) is 0 Å². The minimum Gasteiger partial charge on any atom is -0.478 e. The van der Waals surface area contributed by atoms with Gasteiger partial charge in [-0.25, -0.2) is 9.78 Å². The highest BCUT2D eigenvalue weighted by molar-refractivity contribution is 5.88. The van der Waals surface area contributed by atoms with E-state index in [1.807, 2.05) is 30.3 Å². The van der Waals surface area contributed by atoms with Crippen molar-refractivity contribution in [1.82, 2.24) is 4.98 Å². The second-order valence-corrected chi connectivity index (χ2v) is 5.42. The van der Waals surface area contributed by atoms with Crippen LogP contribution in [0.2, 0.25) is 0 Å². The van der Waals surface area contributed by atoms with Crippen LogP contribution in [-0.4, -0.2) is 28.8 Å². The maximum atomic E-state index is 11.0. The molecule has 0 amide bonds. The summed E-state index contributed by atoms with van der Waals surface area (Å²) in [5.74, 6) is -0.0325. The van der Waals surface area contributed by atoms with Gasteiger partial charge in [0.15, 0.2) is 0 Å². The van der Waals surface area contributed by atoms with Crippen LogP contribution < -0.4 is 10.2 Å². The van der Waals surface area contributed by atoms with Gasteiger partial charge in [0.05, 0.1) is 5.56 Å². The molecular formula is C17H19N3O2. The smallest absolute Gasteiger partial charge is 0.335 e. The molecule has 2 N–H and O–H groups in total. The van der Waals surface area contributed by atoms with E-state index in [2.05, 4.69) is 15.2 Å². The Morgan fingerprint density at radius 1 is 1.18 bits per heavy atom. The predicted octanol–water partition coefficient (Wildman–Crippen LogP) is 3.21. The first-order valence-electron chi connectivity index (χ1n) is 7.51. The van der Waals surface area contributed by atoms with E-state index < -0.39 is 5.97 Å². The molecular weight excluding hydrogens is 278 g/mol. The van der Waals surface area contributed by atoms with Gasteiger partial charge in [0, 0.05) is 18.4 Å². The van der Waals surface area contributed by atoms with Crippen LogP contribution >= 0.6 is 0 Å². The second-order valence-electron chi connectivity index (χ2n) is 5.42. The largest absolute Gasteiger partial charge is 0.478 e. The first-order valence-corrected chi connectivity index (χ1v) is 7.51. The fourth-order valence-corrected chi connectivity index (χ4v) is 2.80. The van der Waals surface area contributed by atoms with Crippen LogP contribution in [0.4, 0.5) is 11.5 Å². The lowest BCUT2D eigenvalue weighted by molar-refractivity contribution is 0.0697. The molecule has 5 heteroatoms. The summed E-state index contributed by atoms with van der Waals surface area (Å²) in [6.07, 6.45) is 5.31. The molecule has 1 aromatic carbocycles. The van der Waals surface area contributed by atoms with E-state index in [0.29, 0.717) is 5.56 Å². The van der Waals surface area contributed by atoms with Gasteiger partial charge in [0.2, 0.25) is 0 Å². The van der Waals surface area contributed by atoms with E-state index >= 15 is 0 Å². The van der Waals surface area contributed by atoms with E-state index in [1.54, 1.807) is 18.3 Å². The lowest BCUT2D eigenvalue weighted by atomic mass is 10.1. The molecule has 22 heavy (non-hydrogen) atoms. The summed E-state index contributed by atoms with van der Waals surface area (Å²) in [7, 11) is 0. The fraction of sp³-hybridized carbons (Fsp3) is 0.294. The van der Waals surface area contributed by atoms with E-state index in [4.69, 9.17) is 5.11 Å². The van der Waals surface area contributed by atoms with E-state index in [9.17, 15) is 4.79 Å². The number of anilines is 2. The number of carboxylic acid groups (broad SMARTS) is 1. The van der Waals surface area contributed by atoms with Crippen molar-refractivity contribution in [2.24, 2.45) is 0 Å². The van der Waals surface area contributed by atoms with Crippen LogP contribution in [0, 0.1) is 0 Å². The molecule has 1 aliphatic rings. The lowest BCUT2D eigenvalue weighted by Gasteiger charge is -2.38. The Morgan fingerprint density at radius 2 is 2.00 bits per heavy atom. The third kappa shape index (κ3) is 3.19. The molecule has 1 atom stereocenters. The van der Waals surface area contributed by atoms with Crippen molar-refractivity contribution >= 4 is 17.5 Å². The van der Waals surface area contributed by atoms with Crippen LogP contribution in [0.5, 0.6) is 0 Å². The number of nitrogens with one attached hydrogen (secondary N) is 1. The molecule has 1 saturated heterocycles. The lowest BCUT2D eigenvalue weighted by Crippen LogP contribution is -2.44. The number of nitrogens with zero attached hydrogens (tertiary/aromatic N) is 2. The quantitative estimate of drug-likeness (QED) is 0.907. The fourth-order valence-electron chi connectivity index (χ4n) is 2.80. The third-order valence-corrected chi connectivity index (χ3v) is 3.93. The summed E-state index contributed by atoms with van der Waals surface area (Å²) < 4.78 is 0. The van der Waals surface area contributed by atoms with Crippen molar-refractivity contribution in [2.75, 3.05) is 16.8 Å². The zero-order chi connectivity index (χ0) is 15.4. The highest BCUT2D eigenvalue weighted by Crippen LogP contribution is 2.25. The Labute approximate surface area is 129 Å². The highest BCUT2D eigenvalue weighted by atomic mass is 16.4. The van der Waals surface area contributed by atoms with E-state index in [0.717, 1.165) is 30.9 Å². The molecule has 0 spiro atoms. The Kier molecular flexibility index (Phi) is 4.23. The maximum absolute atomic E-state index is 11.0. The minimum atomic E-state index is -0.895. The van der Waals surface area contributed by atoms with Gasteiger partial charge in [-0.1, -0.05) is 6.07 Å². The summed E-state index contributed by atoms with van der Waals surface area (Å²) in [5, 5.41) is 12.5. The molecule has 2 heterocycles. The number of rotatable bonds is 4. The molecule has 0 saturated carbocycles. The van der Waals surface area contributed by atoms with E-state index in [-0.39, 0.29) is 6.17 Å². The van der Waals surface area contributed by atoms with Crippen LogP contribution in [-0.2, 0) is 0 Å². The van der Waals surface area contributed by atoms with Crippen LogP contribution in [0.25, 0.3) is 0 Å². The summed E-state index contributed by atoms with van der Waals surface area (Å²) >= 11 is 0. The van der Waals surface area contributed by atoms with Crippen molar-refractivity contribution < 1.29 is 9.90 Å². The topological polar surface area (TPSA) is 65.5 Å². The summed E-state index contributed by atoms with van der Waals surface area (Å²) in [6, 6.07) is 12.9. The van der Waals surface area contributed by atoms with Gasteiger partial charge in [-0.2, -0.15) is 0 Å². The SMILES string of the molecule is O=C(O)c1ccc(N2CCCCC2Nc2ccccn2)cc1. The number of carbonyl (C=O) groups is 1. The Hall–Kier alpha value is -2.56. The summed E-state index contributed by atoms with van der Waals surface area (Å²) in [5.41, 5.74) is 1.35. The van der Waals surface area contributed by atoms with Crippen LogP contribution in [0.15, 0.2) is 48.7 Å². The molecule has 1 aromatic heterocycles. The molecule has 0 radical (unpaired) electrons. The van der Waals surface area contributed by atoms with E-state index in [1.165, 1.54) is 6.42 Å². The monoisotopic (exact) mass is 297 g/mol. The Bertz CT molecular complexity index is 628. The van der Waals surface area contributed by atoms with Gasteiger partial charge in [-0.05, 0) is 55.7 Å². The molecule has 3 rings (SSSR count). The molecule has 114 valence electrons. The van der Waals surface area contributed by atoms with Crippen molar-refractivity contribution in [1.29, 1.82) is 0 Å². The minimum absolute atomic E-state index is 0.180. The molecule has 1 aliphatic heterocycles. The number of hydrogen-bond donors (Lipinski definition) is 2. The Morgan fingerprint density at radius 3 is 2.68 bits per heavy atom. The zero-order valence-electron chi connectivity index (χ0n) is 12.3. The van der Waals surface area contributed by atoms with Gasteiger partial charge in [-0.3, -0.25) is 0 Å². The number of pyridine rings is 1. The third-order valence-electron chi connectivity index (χ3n) is 3.93. The molecule has 1 fully saturated rings. The van der Waals surface area contributed by atoms with Crippen molar-refractivity contribution in [3.05, 3.63) is 54.2 Å². The number of aromatic nitrogens is 1.